The van der Waals surface area contributed by atoms with Crippen molar-refractivity contribution in [3.63, 3.8) is 0 Å². The van der Waals surface area contributed by atoms with Crippen molar-refractivity contribution in [2.75, 3.05) is 7.11 Å². The van der Waals surface area contributed by atoms with Gasteiger partial charge >= 0.3 is 0 Å². The Bertz CT molecular complexity index is 892. The minimum atomic E-state index is -0.479. The smallest absolute Gasteiger partial charge is 0.235 e. The number of methoxy groups -OCH3 is 1. The van der Waals surface area contributed by atoms with Gasteiger partial charge in [-0.15, -0.1) is 0 Å². The maximum absolute atomic E-state index is 12.2. The van der Waals surface area contributed by atoms with Gasteiger partial charge in [0.15, 0.2) is 5.76 Å². The molecule has 0 spiro atoms. The summed E-state index contributed by atoms with van der Waals surface area (Å²) in [4.78, 5) is 12.2. The molecular formula is C18H14O4. The molecule has 1 aromatic heterocycles. The summed E-state index contributed by atoms with van der Waals surface area (Å²) in [5, 5.41) is 10.3. The van der Waals surface area contributed by atoms with Gasteiger partial charge in [-0.25, -0.2) is 0 Å². The number of rotatable bonds is 3. The minimum Gasteiger partial charge on any atom is -0.502 e. The van der Waals surface area contributed by atoms with Crippen LogP contribution in [-0.2, 0) is 0 Å². The largest absolute Gasteiger partial charge is 0.502 e. The van der Waals surface area contributed by atoms with Crippen LogP contribution in [0.2, 0.25) is 0 Å². The van der Waals surface area contributed by atoms with Gasteiger partial charge in [-0.3, -0.25) is 4.79 Å². The molecule has 0 unspecified atom stereocenters. The van der Waals surface area contributed by atoms with E-state index in [2.05, 4.69) is 0 Å². The molecule has 0 amide bonds. The van der Waals surface area contributed by atoms with Gasteiger partial charge in [0.2, 0.25) is 11.2 Å². The number of hydrogen-bond acceptors (Lipinski definition) is 4. The Morgan fingerprint density at radius 3 is 2.59 bits per heavy atom. The first-order chi connectivity index (χ1) is 10.7. The van der Waals surface area contributed by atoms with Gasteiger partial charge in [0.05, 0.1) is 12.5 Å². The number of benzene rings is 2. The zero-order chi connectivity index (χ0) is 15.5. The SMILES string of the molecule is COc1ccc2oc(/C=C\c3ccccc3)c(O)c(=O)c2c1. The van der Waals surface area contributed by atoms with Gasteiger partial charge in [0.1, 0.15) is 11.3 Å². The topological polar surface area (TPSA) is 59.7 Å². The van der Waals surface area contributed by atoms with Crippen molar-refractivity contribution in [2.24, 2.45) is 0 Å². The van der Waals surface area contributed by atoms with Crippen LogP contribution < -0.4 is 10.2 Å². The third-order valence-electron chi connectivity index (χ3n) is 3.33. The highest BCUT2D eigenvalue weighted by atomic mass is 16.5. The third kappa shape index (κ3) is 2.59. The lowest BCUT2D eigenvalue weighted by atomic mass is 10.1. The van der Waals surface area contributed by atoms with Crippen molar-refractivity contribution in [2.45, 2.75) is 0 Å². The zero-order valence-corrected chi connectivity index (χ0v) is 11.9. The summed E-state index contributed by atoms with van der Waals surface area (Å²) < 4.78 is 10.7. The van der Waals surface area contributed by atoms with Crippen LogP contribution in [0.3, 0.4) is 0 Å². The minimum absolute atomic E-state index is 0.131. The van der Waals surface area contributed by atoms with Crippen molar-refractivity contribution >= 4 is 23.1 Å². The van der Waals surface area contributed by atoms with Gasteiger partial charge in [-0.05, 0) is 29.8 Å². The standard InChI is InChI=1S/C18H14O4/c1-21-13-8-10-15-14(11-13)17(19)18(20)16(22-15)9-7-12-5-3-2-4-6-12/h2-11,20H,1H3/b9-7-. The number of hydrogen-bond donors (Lipinski definition) is 1. The maximum atomic E-state index is 12.2. The van der Waals surface area contributed by atoms with E-state index in [0.29, 0.717) is 11.3 Å². The molecule has 0 aliphatic carbocycles. The molecule has 4 heteroatoms. The molecule has 110 valence electrons. The highest BCUT2D eigenvalue weighted by molar-refractivity contribution is 5.82. The van der Waals surface area contributed by atoms with Crippen molar-refractivity contribution in [1.29, 1.82) is 0 Å². The predicted octanol–water partition coefficient (Wildman–Crippen LogP) is 3.68. The first-order valence-corrected chi connectivity index (χ1v) is 6.76. The third-order valence-corrected chi connectivity index (χ3v) is 3.33. The molecule has 0 bridgehead atoms. The van der Waals surface area contributed by atoms with Gasteiger partial charge in [-0.2, -0.15) is 0 Å². The second-order valence-corrected chi connectivity index (χ2v) is 4.75. The van der Waals surface area contributed by atoms with Crippen LogP contribution in [0.25, 0.3) is 23.1 Å². The first kappa shape index (κ1) is 13.9. The van der Waals surface area contributed by atoms with E-state index < -0.39 is 11.2 Å². The Morgan fingerprint density at radius 1 is 1.09 bits per heavy atom. The second-order valence-electron chi connectivity index (χ2n) is 4.75. The highest BCUT2D eigenvalue weighted by Crippen LogP contribution is 2.24. The predicted molar refractivity (Wildman–Crippen MR) is 86.1 cm³/mol. The molecule has 0 aliphatic heterocycles. The molecule has 22 heavy (non-hydrogen) atoms. The molecule has 4 nitrogen and oxygen atoms in total. The Hall–Kier alpha value is -3.01. The van der Waals surface area contributed by atoms with Crippen molar-refractivity contribution in [3.05, 3.63) is 70.1 Å². The van der Waals surface area contributed by atoms with Gasteiger partial charge in [0.25, 0.3) is 0 Å². The number of ether oxygens (including phenoxy) is 1. The van der Waals surface area contributed by atoms with Crippen LogP contribution in [0.15, 0.2) is 57.7 Å². The molecular weight excluding hydrogens is 280 g/mol. The monoisotopic (exact) mass is 294 g/mol. The fourth-order valence-electron chi connectivity index (χ4n) is 2.16. The molecule has 0 atom stereocenters. The first-order valence-electron chi connectivity index (χ1n) is 6.76. The number of fused-ring (bicyclic) bond motifs is 1. The molecule has 1 N–H and O–H groups in total. The summed E-state index contributed by atoms with van der Waals surface area (Å²) in [6.45, 7) is 0. The lowest BCUT2D eigenvalue weighted by Gasteiger charge is -2.04. The Labute approximate surface area is 126 Å². The van der Waals surface area contributed by atoms with Crippen LogP contribution in [-0.4, -0.2) is 12.2 Å². The van der Waals surface area contributed by atoms with Gasteiger partial charge in [-0.1, -0.05) is 36.4 Å². The van der Waals surface area contributed by atoms with E-state index in [0.717, 1.165) is 5.56 Å². The molecule has 0 saturated carbocycles. The average Bonchev–Trinajstić information content (AvgIpc) is 2.57. The fourth-order valence-corrected chi connectivity index (χ4v) is 2.16. The Morgan fingerprint density at radius 2 is 1.86 bits per heavy atom. The van der Waals surface area contributed by atoms with Crippen LogP contribution in [0.5, 0.6) is 11.5 Å². The number of aromatic hydroxyl groups is 1. The zero-order valence-electron chi connectivity index (χ0n) is 11.9. The summed E-state index contributed by atoms with van der Waals surface area (Å²) in [7, 11) is 1.51. The lowest BCUT2D eigenvalue weighted by molar-refractivity contribution is 0.414. The molecule has 3 rings (SSSR count). The van der Waals surface area contributed by atoms with E-state index in [-0.39, 0.29) is 11.1 Å². The van der Waals surface area contributed by atoms with E-state index in [1.165, 1.54) is 7.11 Å². The molecule has 0 aliphatic rings. The molecule has 0 fully saturated rings. The fraction of sp³-hybridized carbons (Fsp3) is 0.0556. The molecule has 2 aromatic carbocycles. The van der Waals surface area contributed by atoms with Gasteiger partial charge < -0.3 is 14.3 Å². The maximum Gasteiger partial charge on any atom is 0.235 e. The summed E-state index contributed by atoms with van der Waals surface area (Å²) in [6.07, 6.45) is 3.35. The van der Waals surface area contributed by atoms with Crippen molar-refractivity contribution in [1.82, 2.24) is 0 Å². The molecule has 0 saturated heterocycles. The lowest BCUT2D eigenvalue weighted by Crippen LogP contribution is -2.02. The molecule has 1 heterocycles. The summed E-state index contributed by atoms with van der Waals surface area (Å²) >= 11 is 0. The van der Waals surface area contributed by atoms with Crippen molar-refractivity contribution in [3.8, 4) is 11.5 Å². The Kier molecular flexibility index (Phi) is 3.66. The quantitative estimate of drug-likeness (QED) is 0.800. The normalized spacial score (nSPS) is 11.1. The molecule has 0 radical (unpaired) electrons. The molecule has 3 aromatic rings. The van der Waals surface area contributed by atoms with E-state index in [4.69, 9.17) is 9.15 Å². The second kappa shape index (κ2) is 5.77. The summed E-state index contributed by atoms with van der Waals surface area (Å²) in [6, 6.07) is 14.5. The van der Waals surface area contributed by atoms with Gasteiger partial charge in [0, 0.05) is 0 Å². The average molecular weight is 294 g/mol. The van der Waals surface area contributed by atoms with Crippen molar-refractivity contribution < 1.29 is 14.3 Å². The summed E-state index contributed by atoms with van der Waals surface area (Å²) in [5.74, 6) is 0.256. The van der Waals surface area contributed by atoms with Crippen LogP contribution >= 0.6 is 0 Å². The van der Waals surface area contributed by atoms with E-state index >= 15 is 0 Å². The highest BCUT2D eigenvalue weighted by Gasteiger charge is 2.12. The van der Waals surface area contributed by atoms with E-state index in [1.807, 2.05) is 30.3 Å². The summed E-state index contributed by atoms with van der Waals surface area (Å²) in [5.41, 5.74) is 0.864. The van der Waals surface area contributed by atoms with E-state index in [9.17, 15) is 9.90 Å². The Balaban J connectivity index is 2.10. The van der Waals surface area contributed by atoms with Crippen LogP contribution in [0.4, 0.5) is 0 Å². The van der Waals surface area contributed by atoms with Crippen LogP contribution in [0.1, 0.15) is 11.3 Å². The van der Waals surface area contributed by atoms with E-state index in [1.54, 1.807) is 30.4 Å². The van der Waals surface area contributed by atoms with Crippen LogP contribution in [0, 0.1) is 0 Å².